The summed E-state index contributed by atoms with van der Waals surface area (Å²) in [4.78, 5) is 0. The van der Waals surface area contributed by atoms with E-state index in [0.29, 0.717) is 0 Å². The van der Waals surface area contributed by atoms with Gasteiger partial charge in [0.05, 0.1) is 6.42 Å². The van der Waals surface area contributed by atoms with E-state index in [0.717, 1.165) is 6.42 Å². The van der Waals surface area contributed by atoms with Crippen LogP contribution in [0.25, 0.3) is 0 Å². The van der Waals surface area contributed by atoms with Crippen LogP contribution in [0.2, 0.25) is 0 Å². The first-order valence-corrected chi connectivity index (χ1v) is 2.25. The molecule has 0 rings (SSSR count). The molecule has 0 bridgehead atoms. The van der Waals surface area contributed by atoms with Crippen molar-refractivity contribution < 1.29 is 0 Å². The molecule has 0 nitrogen and oxygen atoms in total. The number of hydrogen-bond acceptors (Lipinski definition) is 0. The van der Waals surface area contributed by atoms with Crippen molar-refractivity contribution in [2.24, 2.45) is 0 Å². The molecule has 0 heterocycles. The molecule has 0 fully saturated rings. The summed E-state index contributed by atoms with van der Waals surface area (Å²) in [6, 6.07) is 0. The second kappa shape index (κ2) is 3.35. The maximum atomic E-state index is 3.12. The van der Waals surface area contributed by atoms with Crippen LogP contribution in [-0.4, -0.2) is 0 Å². The molecule has 0 aromatic rings. The van der Waals surface area contributed by atoms with Crippen LogP contribution in [0.4, 0.5) is 0 Å². The van der Waals surface area contributed by atoms with Gasteiger partial charge < -0.3 is 0 Å². The van der Waals surface area contributed by atoms with Gasteiger partial charge in [-0.2, -0.15) is 0 Å². The Morgan fingerprint density at radius 3 is 2.25 bits per heavy atom. The summed E-state index contributed by atoms with van der Waals surface area (Å²) in [5.74, 6) is 0. The first-order valence-electron chi connectivity index (χ1n) is 1.33. The van der Waals surface area contributed by atoms with Crippen LogP contribution < -0.4 is 0 Å². The highest BCUT2D eigenvalue weighted by Gasteiger charge is 1.74. The predicted octanol–water partition coefficient (Wildman–Crippen LogP) is 1.95. The van der Waals surface area contributed by atoms with Gasteiger partial charge in [-0.3, -0.25) is 0 Å². The third-order valence-corrected chi connectivity index (χ3v) is 0.802. The highest BCUT2D eigenvalue weighted by Crippen LogP contribution is 1.89. The van der Waals surface area contributed by atoms with Crippen molar-refractivity contribution in [3.8, 4) is 0 Å². The standard InChI is InChI=1S/C3H6Br/c1-2-3-4/h3H,2H2,1H3/q+1. The Bertz CT molecular complexity index is 5.25. The Hall–Kier alpha value is 0.350. The van der Waals surface area contributed by atoms with Gasteiger partial charge in [-0.25, -0.2) is 0 Å². The van der Waals surface area contributed by atoms with Gasteiger partial charge in [0.15, 0.2) is 21.3 Å². The fourth-order valence-electron chi connectivity index (χ4n) is 0. The first-order chi connectivity index (χ1) is 1.91. The van der Waals surface area contributed by atoms with E-state index in [1.165, 1.54) is 0 Å². The fourth-order valence-corrected chi connectivity index (χ4v) is 0. The van der Waals surface area contributed by atoms with E-state index in [-0.39, 0.29) is 0 Å². The summed E-state index contributed by atoms with van der Waals surface area (Å²) < 4.78 is 0. The first kappa shape index (κ1) is 4.35. The van der Waals surface area contributed by atoms with Gasteiger partial charge in [0.1, 0.15) is 0 Å². The maximum absolute atomic E-state index is 3.12. The molecule has 0 spiro atoms. The fraction of sp³-hybridized carbons (Fsp3) is 0.667. The van der Waals surface area contributed by atoms with E-state index in [2.05, 4.69) is 22.9 Å². The summed E-state index contributed by atoms with van der Waals surface area (Å²) in [6.07, 6.45) is 1.11. The van der Waals surface area contributed by atoms with Crippen LogP contribution in [0.15, 0.2) is 0 Å². The third-order valence-electron chi connectivity index (χ3n) is 0.154. The molecule has 0 aliphatic heterocycles. The molecule has 0 atom stereocenters. The molecule has 24 valence electrons. The highest BCUT2D eigenvalue weighted by atomic mass is 79.9. The van der Waals surface area contributed by atoms with Crippen LogP contribution in [0, 0.1) is 5.33 Å². The predicted molar refractivity (Wildman–Crippen MR) is 23.5 cm³/mol. The Labute approximate surface area is 35.3 Å². The van der Waals surface area contributed by atoms with Crippen molar-refractivity contribution in [2.45, 2.75) is 13.3 Å². The number of halogens is 1. The van der Waals surface area contributed by atoms with Gasteiger partial charge in [-0.1, -0.05) is 0 Å². The monoisotopic (exact) mass is 121 g/mol. The van der Waals surface area contributed by atoms with Gasteiger partial charge in [-0.15, -0.1) is 0 Å². The highest BCUT2D eigenvalue weighted by molar-refractivity contribution is 9.10. The third kappa shape index (κ3) is 2.35. The maximum Gasteiger partial charge on any atom is 0.195 e. The van der Waals surface area contributed by atoms with Crippen molar-refractivity contribution in [2.75, 3.05) is 0 Å². The molecular formula is C3H6Br+. The van der Waals surface area contributed by atoms with Crippen molar-refractivity contribution in [1.29, 1.82) is 0 Å². The molecule has 0 aliphatic rings. The number of rotatable bonds is 1. The van der Waals surface area contributed by atoms with Crippen LogP contribution in [-0.2, 0) is 0 Å². The van der Waals surface area contributed by atoms with Crippen LogP contribution in [0.1, 0.15) is 13.3 Å². The molecule has 0 saturated heterocycles. The Kier molecular flexibility index (Phi) is 3.64. The molecule has 4 heavy (non-hydrogen) atoms. The van der Waals surface area contributed by atoms with Gasteiger partial charge in [-0.05, 0) is 6.92 Å². The average molecular weight is 122 g/mol. The summed E-state index contributed by atoms with van der Waals surface area (Å²) in [5, 5.41) is 1.94. The van der Waals surface area contributed by atoms with Crippen molar-refractivity contribution in [1.82, 2.24) is 0 Å². The summed E-state index contributed by atoms with van der Waals surface area (Å²) in [7, 11) is 0. The molecule has 0 aliphatic carbocycles. The van der Waals surface area contributed by atoms with E-state index in [1.807, 2.05) is 5.33 Å². The van der Waals surface area contributed by atoms with Gasteiger partial charge in [0, 0.05) is 0 Å². The normalized spacial score (nSPS) is 6.50. The average Bonchev–Trinajstić information content (AvgIpc) is 1.37. The zero-order valence-corrected chi connectivity index (χ0v) is 4.25. The Morgan fingerprint density at radius 1 is 2.00 bits per heavy atom. The summed E-state index contributed by atoms with van der Waals surface area (Å²) in [5.41, 5.74) is 0. The minimum Gasteiger partial charge on any atom is -0.0234 e. The molecule has 0 saturated carbocycles. The number of hydrogen-bond donors (Lipinski definition) is 0. The van der Waals surface area contributed by atoms with E-state index in [1.54, 1.807) is 0 Å². The lowest BCUT2D eigenvalue weighted by Gasteiger charge is -1.51. The smallest absolute Gasteiger partial charge is 0.0234 e. The molecule has 0 radical (unpaired) electrons. The van der Waals surface area contributed by atoms with E-state index in [9.17, 15) is 0 Å². The summed E-state index contributed by atoms with van der Waals surface area (Å²) in [6.45, 7) is 2.08. The minimum atomic E-state index is 1.11. The van der Waals surface area contributed by atoms with Crippen molar-refractivity contribution >= 4 is 15.9 Å². The van der Waals surface area contributed by atoms with Crippen molar-refractivity contribution in [3.63, 3.8) is 0 Å². The molecule has 0 unspecified atom stereocenters. The molecule has 0 aromatic carbocycles. The molecule has 0 aromatic heterocycles. The molecular weight excluding hydrogens is 116 g/mol. The Morgan fingerprint density at radius 2 is 2.25 bits per heavy atom. The van der Waals surface area contributed by atoms with Gasteiger partial charge in [0.2, 0.25) is 0 Å². The van der Waals surface area contributed by atoms with Crippen LogP contribution in [0.3, 0.4) is 0 Å². The molecule has 0 N–H and O–H groups in total. The zero-order valence-electron chi connectivity index (χ0n) is 2.66. The molecule has 0 amide bonds. The van der Waals surface area contributed by atoms with Crippen LogP contribution >= 0.6 is 15.9 Å². The lowest BCUT2D eigenvalue weighted by Crippen LogP contribution is -1.43. The lowest BCUT2D eigenvalue weighted by molar-refractivity contribution is 1.21. The summed E-state index contributed by atoms with van der Waals surface area (Å²) >= 11 is 3.12. The molecule has 1 heteroatoms. The van der Waals surface area contributed by atoms with E-state index >= 15 is 0 Å². The second-order valence-electron chi connectivity index (χ2n) is 0.563. The largest absolute Gasteiger partial charge is 0.195 e. The zero-order chi connectivity index (χ0) is 3.41. The Balaban J connectivity index is 1.97. The van der Waals surface area contributed by atoms with Gasteiger partial charge >= 0.3 is 0 Å². The van der Waals surface area contributed by atoms with E-state index < -0.39 is 0 Å². The minimum absolute atomic E-state index is 1.11. The lowest BCUT2D eigenvalue weighted by atomic mass is 10.6. The second-order valence-corrected chi connectivity index (χ2v) is 1.21. The van der Waals surface area contributed by atoms with E-state index in [4.69, 9.17) is 0 Å². The van der Waals surface area contributed by atoms with Crippen LogP contribution in [0.5, 0.6) is 0 Å². The van der Waals surface area contributed by atoms with Crippen molar-refractivity contribution in [3.05, 3.63) is 5.33 Å². The topological polar surface area (TPSA) is 0 Å². The SMILES string of the molecule is CC[CH+]Br. The quantitative estimate of drug-likeness (QED) is 0.466. The van der Waals surface area contributed by atoms with Gasteiger partial charge in [0.25, 0.3) is 0 Å².